The van der Waals surface area contributed by atoms with Crippen LogP contribution in [0, 0.1) is 0 Å². The van der Waals surface area contributed by atoms with Gasteiger partial charge in [0.15, 0.2) is 0 Å². The van der Waals surface area contributed by atoms with Crippen molar-refractivity contribution in [1.29, 1.82) is 0 Å². The number of ether oxygens (including phenoxy) is 1. The van der Waals surface area contributed by atoms with E-state index < -0.39 is 0 Å². The van der Waals surface area contributed by atoms with E-state index in [4.69, 9.17) is 4.74 Å². The quantitative estimate of drug-likeness (QED) is 0.840. The molecule has 1 N–H and O–H groups in total. The van der Waals surface area contributed by atoms with E-state index in [1.54, 1.807) is 0 Å². The van der Waals surface area contributed by atoms with Gasteiger partial charge < -0.3 is 10.1 Å². The van der Waals surface area contributed by atoms with E-state index in [1.165, 1.54) is 0 Å². The van der Waals surface area contributed by atoms with Gasteiger partial charge >= 0.3 is 0 Å². The molecule has 1 aromatic carbocycles. The molecule has 0 saturated carbocycles. The molecule has 1 aromatic rings. The summed E-state index contributed by atoms with van der Waals surface area (Å²) in [7, 11) is 0. The van der Waals surface area contributed by atoms with Gasteiger partial charge in [0.1, 0.15) is 0 Å². The lowest BCUT2D eigenvalue weighted by Crippen LogP contribution is -2.29. The van der Waals surface area contributed by atoms with Crippen molar-refractivity contribution in [3.63, 3.8) is 0 Å². The fourth-order valence-electron chi connectivity index (χ4n) is 3.11. The van der Waals surface area contributed by atoms with Crippen LogP contribution < -0.4 is 5.32 Å². The minimum absolute atomic E-state index is 0.0524. The fraction of sp³-hybridized carbons (Fsp3) is 0.562. The summed E-state index contributed by atoms with van der Waals surface area (Å²) in [6.45, 7) is 3.73. The van der Waals surface area contributed by atoms with E-state index in [2.05, 4.69) is 40.3 Å². The SMILES string of the molecule is CC1(C(Br)c2ccc3c(c2)C(=O)NCCC3)CCCO1. The number of alkyl halides is 1. The first-order valence-electron chi connectivity index (χ1n) is 7.29. The van der Waals surface area contributed by atoms with Gasteiger partial charge in [0.25, 0.3) is 5.91 Å². The highest BCUT2D eigenvalue weighted by molar-refractivity contribution is 9.09. The zero-order valence-corrected chi connectivity index (χ0v) is 13.3. The number of aryl methyl sites for hydroxylation is 1. The van der Waals surface area contributed by atoms with E-state index in [1.807, 2.05) is 6.07 Å². The molecule has 1 saturated heterocycles. The van der Waals surface area contributed by atoms with Gasteiger partial charge in [-0.2, -0.15) is 0 Å². The topological polar surface area (TPSA) is 38.3 Å². The van der Waals surface area contributed by atoms with Crippen LogP contribution >= 0.6 is 15.9 Å². The number of hydrogen-bond donors (Lipinski definition) is 1. The molecule has 2 aliphatic heterocycles. The third-order valence-electron chi connectivity index (χ3n) is 4.37. The third kappa shape index (κ3) is 2.51. The molecule has 0 aromatic heterocycles. The predicted octanol–water partition coefficient (Wildman–Crippen LogP) is 3.37. The van der Waals surface area contributed by atoms with E-state index in [9.17, 15) is 4.79 Å². The Kier molecular flexibility index (Phi) is 3.87. The number of hydrogen-bond acceptors (Lipinski definition) is 2. The Bertz CT molecular complexity index is 523. The largest absolute Gasteiger partial charge is 0.374 e. The number of nitrogens with one attached hydrogen (secondary N) is 1. The van der Waals surface area contributed by atoms with E-state index in [0.717, 1.165) is 55.5 Å². The smallest absolute Gasteiger partial charge is 0.251 e. The lowest BCUT2D eigenvalue weighted by molar-refractivity contribution is 0.0197. The van der Waals surface area contributed by atoms with Gasteiger partial charge in [0.05, 0.1) is 10.4 Å². The summed E-state index contributed by atoms with van der Waals surface area (Å²) < 4.78 is 5.90. The molecular weight excluding hydrogens is 318 g/mol. The molecule has 2 unspecified atom stereocenters. The van der Waals surface area contributed by atoms with Crippen LogP contribution in [0.25, 0.3) is 0 Å². The van der Waals surface area contributed by atoms with Crippen LogP contribution in [0.4, 0.5) is 0 Å². The van der Waals surface area contributed by atoms with Gasteiger partial charge in [-0.3, -0.25) is 4.79 Å². The van der Waals surface area contributed by atoms with E-state index in [0.29, 0.717) is 0 Å². The molecule has 3 rings (SSSR count). The summed E-state index contributed by atoms with van der Waals surface area (Å²) in [6, 6.07) is 6.26. The Balaban J connectivity index is 1.93. The van der Waals surface area contributed by atoms with Crippen molar-refractivity contribution in [2.24, 2.45) is 0 Å². The Morgan fingerprint density at radius 2 is 2.25 bits per heavy atom. The van der Waals surface area contributed by atoms with Gasteiger partial charge in [0, 0.05) is 18.7 Å². The van der Waals surface area contributed by atoms with Crippen LogP contribution in [0.5, 0.6) is 0 Å². The fourth-order valence-corrected chi connectivity index (χ4v) is 3.76. The molecular formula is C16H20BrNO2. The lowest BCUT2D eigenvalue weighted by atomic mass is 9.91. The summed E-state index contributed by atoms with van der Waals surface area (Å²) in [6.07, 6.45) is 4.13. The molecule has 1 fully saturated rings. The van der Waals surface area contributed by atoms with Gasteiger partial charge in [-0.1, -0.05) is 28.1 Å². The summed E-state index contributed by atoms with van der Waals surface area (Å²) in [5.74, 6) is 0.0524. The molecule has 2 aliphatic rings. The summed E-state index contributed by atoms with van der Waals surface area (Å²) in [5, 5.41) is 2.96. The van der Waals surface area contributed by atoms with Gasteiger partial charge in [-0.05, 0) is 49.8 Å². The molecule has 0 bridgehead atoms. The average molecular weight is 338 g/mol. The zero-order chi connectivity index (χ0) is 14.2. The van der Waals surface area contributed by atoms with Crippen molar-refractivity contribution in [3.8, 4) is 0 Å². The van der Waals surface area contributed by atoms with Crippen LogP contribution in [0.15, 0.2) is 18.2 Å². The summed E-state index contributed by atoms with van der Waals surface area (Å²) >= 11 is 3.78. The monoisotopic (exact) mass is 337 g/mol. The van der Waals surface area contributed by atoms with Gasteiger partial charge in [0.2, 0.25) is 0 Å². The number of fused-ring (bicyclic) bond motifs is 1. The molecule has 0 radical (unpaired) electrons. The molecule has 2 heterocycles. The standard InChI is InChI=1S/C16H20BrNO2/c1-16(7-3-9-20-16)14(17)12-6-5-11-4-2-8-18-15(19)13(11)10-12/h5-6,10,14H,2-4,7-9H2,1H3,(H,18,19). The van der Waals surface area contributed by atoms with Gasteiger partial charge in [-0.25, -0.2) is 0 Å². The number of carbonyl (C=O) groups is 1. The Labute approximate surface area is 128 Å². The van der Waals surface area contributed by atoms with Crippen LogP contribution in [0.2, 0.25) is 0 Å². The maximum atomic E-state index is 12.1. The molecule has 0 aliphatic carbocycles. The molecule has 20 heavy (non-hydrogen) atoms. The zero-order valence-electron chi connectivity index (χ0n) is 11.7. The highest BCUT2D eigenvalue weighted by Crippen LogP contribution is 2.43. The Hall–Kier alpha value is -0.870. The van der Waals surface area contributed by atoms with Crippen molar-refractivity contribution in [2.45, 2.75) is 43.0 Å². The first kappa shape index (κ1) is 14.1. The minimum Gasteiger partial charge on any atom is -0.374 e. The summed E-state index contributed by atoms with van der Waals surface area (Å²) in [4.78, 5) is 12.2. The lowest BCUT2D eigenvalue weighted by Gasteiger charge is -2.29. The van der Waals surface area contributed by atoms with Crippen LogP contribution in [-0.2, 0) is 11.2 Å². The molecule has 1 amide bonds. The van der Waals surface area contributed by atoms with Crippen LogP contribution in [0.3, 0.4) is 0 Å². The number of carbonyl (C=O) groups excluding carboxylic acids is 1. The molecule has 3 nitrogen and oxygen atoms in total. The van der Waals surface area contributed by atoms with Crippen molar-refractivity contribution < 1.29 is 9.53 Å². The maximum absolute atomic E-state index is 12.1. The highest BCUT2D eigenvalue weighted by atomic mass is 79.9. The molecule has 0 spiro atoms. The Morgan fingerprint density at radius 3 is 3.00 bits per heavy atom. The normalized spacial score (nSPS) is 27.6. The first-order valence-corrected chi connectivity index (χ1v) is 8.21. The average Bonchev–Trinajstić information content (AvgIpc) is 2.82. The first-order chi connectivity index (χ1) is 9.60. The van der Waals surface area contributed by atoms with E-state index >= 15 is 0 Å². The second-order valence-electron chi connectivity index (χ2n) is 5.90. The minimum atomic E-state index is -0.171. The van der Waals surface area contributed by atoms with Crippen molar-refractivity contribution in [3.05, 3.63) is 34.9 Å². The number of halogens is 1. The van der Waals surface area contributed by atoms with Crippen LogP contribution in [-0.4, -0.2) is 24.7 Å². The van der Waals surface area contributed by atoms with Gasteiger partial charge in [-0.15, -0.1) is 0 Å². The molecule has 4 heteroatoms. The summed E-state index contributed by atoms with van der Waals surface area (Å²) in [5.41, 5.74) is 2.94. The van der Waals surface area contributed by atoms with Crippen LogP contribution in [0.1, 0.15) is 52.5 Å². The Morgan fingerprint density at radius 1 is 1.40 bits per heavy atom. The number of rotatable bonds is 2. The second kappa shape index (κ2) is 5.49. The molecule has 2 atom stereocenters. The number of benzene rings is 1. The van der Waals surface area contributed by atoms with Crippen molar-refractivity contribution in [2.75, 3.05) is 13.2 Å². The highest BCUT2D eigenvalue weighted by Gasteiger charge is 2.38. The maximum Gasteiger partial charge on any atom is 0.251 e. The second-order valence-corrected chi connectivity index (χ2v) is 6.82. The van der Waals surface area contributed by atoms with Crippen molar-refractivity contribution >= 4 is 21.8 Å². The van der Waals surface area contributed by atoms with Crippen molar-refractivity contribution in [1.82, 2.24) is 5.32 Å². The van der Waals surface area contributed by atoms with E-state index in [-0.39, 0.29) is 16.3 Å². The predicted molar refractivity (Wildman–Crippen MR) is 82.4 cm³/mol. The number of amides is 1. The molecule has 108 valence electrons. The third-order valence-corrected chi connectivity index (χ3v) is 5.86.